The molecular formula is C12H21N3OS. The van der Waals surface area contributed by atoms with E-state index in [2.05, 4.69) is 21.6 Å². The second-order valence-corrected chi connectivity index (χ2v) is 5.28. The fourth-order valence-electron chi connectivity index (χ4n) is 2.31. The smallest absolute Gasteiger partial charge is 0.293 e. The van der Waals surface area contributed by atoms with Gasteiger partial charge < -0.3 is 10.1 Å². The number of aromatic nitrogens is 2. The molecule has 4 nitrogen and oxygen atoms in total. The van der Waals surface area contributed by atoms with E-state index in [0.29, 0.717) is 6.04 Å². The molecule has 1 aliphatic rings. The molecule has 1 heterocycles. The lowest BCUT2D eigenvalue weighted by Crippen LogP contribution is -2.43. The Kier molecular flexibility index (Phi) is 4.74. The standard InChI is InChI=1S/C12H21N3OS/c1-3-6-11-14-12(17-15-11)16-10-8-5-4-7-9(10)13-2/h9-10,13H,3-8H2,1-2H3. The molecule has 1 aromatic heterocycles. The maximum Gasteiger partial charge on any atom is 0.293 e. The molecule has 96 valence electrons. The molecule has 0 amide bonds. The summed E-state index contributed by atoms with van der Waals surface area (Å²) < 4.78 is 10.3. The molecule has 0 spiro atoms. The molecule has 1 aromatic rings. The molecule has 2 unspecified atom stereocenters. The van der Waals surface area contributed by atoms with Crippen LogP contribution in [0.4, 0.5) is 0 Å². The van der Waals surface area contributed by atoms with Gasteiger partial charge in [-0.25, -0.2) is 0 Å². The van der Waals surface area contributed by atoms with Crippen LogP contribution in [-0.4, -0.2) is 28.6 Å². The lowest BCUT2D eigenvalue weighted by Gasteiger charge is -2.30. The second kappa shape index (κ2) is 6.31. The van der Waals surface area contributed by atoms with Crippen LogP contribution in [0.15, 0.2) is 0 Å². The lowest BCUT2D eigenvalue weighted by atomic mass is 9.93. The summed E-state index contributed by atoms with van der Waals surface area (Å²) >= 11 is 1.38. The van der Waals surface area contributed by atoms with E-state index in [4.69, 9.17) is 4.74 Å². The zero-order chi connectivity index (χ0) is 12.1. The first kappa shape index (κ1) is 12.8. The molecule has 17 heavy (non-hydrogen) atoms. The van der Waals surface area contributed by atoms with Crippen LogP contribution in [-0.2, 0) is 6.42 Å². The van der Waals surface area contributed by atoms with Gasteiger partial charge in [0.25, 0.3) is 5.19 Å². The maximum absolute atomic E-state index is 5.97. The summed E-state index contributed by atoms with van der Waals surface area (Å²) in [7, 11) is 2.01. The monoisotopic (exact) mass is 255 g/mol. The highest BCUT2D eigenvalue weighted by Crippen LogP contribution is 2.25. The first-order valence-electron chi connectivity index (χ1n) is 6.50. The van der Waals surface area contributed by atoms with E-state index in [1.807, 2.05) is 7.05 Å². The van der Waals surface area contributed by atoms with Crippen molar-refractivity contribution in [3.8, 4) is 5.19 Å². The molecule has 0 aliphatic heterocycles. The lowest BCUT2D eigenvalue weighted by molar-refractivity contribution is 0.117. The van der Waals surface area contributed by atoms with Crippen LogP contribution in [0.1, 0.15) is 44.9 Å². The first-order valence-corrected chi connectivity index (χ1v) is 7.27. The number of likely N-dealkylation sites (N-methyl/N-ethyl adjacent to an activating group) is 1. The zero-order valence-electron chi connectivity index (χ0n) is 10.6. The van der Waals surface area contributed by atoms with Crippen molar-refractivity contribution in [1.29, 1.82) is 0 Å². The van der Waals surface area contributed by atoms with Crippen molar-refractivity contribution >= 4 is 11.5 Å². The van der Waals surface area contributed by atoms with Crippen molar-refractivity contribution < 1.29 is 4.74 Å². The third kappa shape index (κ3) is 3.39. The van der Waals surface area contributed by atoms with Crippen molar-refractivity contribution in [2.45, 2.75) is 57.6 Å². The van der Waals surface area contributed by atoms with Crippen molar-refractivity contribution in [3.63, 3.8) is 0 Å². The van der Waals surface area contributed by atoms with Crippen molar-refractivity contribution in [2.75, 3.05) is 7.05 Å². The van der Waals surface area contributed by atoms with Crippen LogP contribution in [0, 0.1) is 0 Å². The number of nitrogens with zero attached hydrogens (tertiary/aromatic N) is 2. The van der Waals surface area contributed by atoms with Gasteiger partial charge in [0.15, 0.2) is 0 Å². The van der Waals surface area contributed by atoms with E-state index in [0.717, 1.165) is 30.3 Å². The fraction of sp³-hybridized carbons (Fsp3) is 0.833. The van der Waals surface area contributed by atoms with Crippen molar-refractivity contribution in [1.82, 2.24) is 14.7 Å². The average molecular weight is 255 g/mol. The van der Waals surface area contributed by atoms with Gasteiger partial charge in [0.05, 0.1) is 0 Å². The average Bonchev–Trinajstić information content (AvgIpc) is 2.78. The molecule has 1 fully saturated rings. The van der Waals surface area contributed by atoms with E-state index in [9.17, 15) is 0 Å². The van der Waals surface area contributed by atoms with E-state index in [1.165, 1.54) is 30.8 Å². The number of aryl methyl sites for hydroxylation is 1. The van der Waals surface area contributed by atoms with Gasteiger partial charge in [0.2, 0.25) is 0 Å². The number of hydrogen-bond donors (Lipinski definition) is 1. The van der Waals surface area contributed by atoms with Gasteiger partial charge in [-0.2, -0.15) is 9.36 Å². The Morgan fingerprint density at radius 2 is 2.24 bits per heavy atom. The summed E-state index contributed by atoms with van der Waals surface area (Å²) in [6.45, 7) is 2.14. The largest absolute Gasteiger partial charge is 0.464 e. The Bertz CT molecular complexity index is 342. The summed E-state index contributed by atoms with van der Waals surface area (Å²) in [6, 6.07) is 0.460. The summed E-state index contributed by atoms with van der Waals surface area (Å²) in [5.41, 5.74) is 0. The van der Waals surface area contributed by atoms with Crippen LogP contribution in [0.2, 0.25) is 0 Å². The molecule has 0 bridgehead atoms. The summed E-state index contributed by atoms with van der Waals surface area (Å²) in [4.78, 5) is 4.42. The number of rotatable bonds is 5. The molecule has 1 aliphatic carbocycles. The summed E-state index contributed by atoms with van der Waals surface area (Å²) in [5.74, 6) is 0.921. The minimum absolute atomic E-state index is 0.260. The highest BCUT2D eigenvalue weighted by Gasteiger charge is 2.26. The zero-order valence-corrected chi connectivity index (χ0v) is 11.4. The third-order valence-corrected chi connectivity index (χ3v) is 3.89. The van der Waals surface area contributed by atoms with Gasteiger partial charge in [-0.15, -0.1) is 0 Å². The molecule has 0 radical (unpaired) electrons. The number of nitrogens with one attached hydrogen (secondary N) is 1. The molecule has 1 N–H and O–H groups in total. The third-order valence-electron chi connectivity index (χ3n) is 3.25. The quantitative estimate of drug-likeness (QED) is 0.877. The SMILES string of the molecule is CCCc1nsc(OC2CCCCC2NC)n1. The predicted molar refractivity (Wildman–Crippen MR) is 69.6 cm³/mol. The first-order chi connectivity index (χ1) is 8.33. The fourth-order valence-corrected chi connectivity index (χ4v) is 2.94. The van der Waals surface area contributed by atoms with Gasteiger partial charge in [0, 0.05) is 24.0 Å². The van der Waals surface area contributed by atoms with Gasteiger partial charge >= 0.3 is 0 Å². The van der Waals surface area contributed by atoms with Gasteiger partial charge in [0.1, 0.15) is 11.9 Å². The van der Waals surface area contributed by atoms with E-state index in [1.54, 1.807) is 0 Å². The Hall–Kier alpha value is -0.680. The summed E-state index contributed by atoms with van der Waals surface area (Å²) in [5, 5.41) is 4.07. The van der Waals surface area contributed by atoms with Gasteiger partial charge in [-0.3, -0.25) is 0 Å². The Labute approximate surface area is 107 Å². The van der Waals surface area contributed by atoms with Crippen LogP contribution >= 0.6 is 11.5 Å². The minimum Gasteiger partial charge on any atom is -0.464 e. The molecule has 1 saturated carbocycles. The molecule has 2 atom stereocenters. The second-order valence-electron chi connectivity index (χ2n) is 4.56. The number of hydrogen-bond acceptors (Lipinski definition) is 5. The van der Waals surface area contributed by atoms with Crippen LogP contribution < -0.4 is 10.1 Å². The van der Waals surface area contributed by atoms with Crippen molar-refractivity contribution in [2.24, 2.45) is 0 Å². The van der Waals surface area contributed by atoms with E-state index < -0.39 is 0 Å². The minimum atomic E-state index is 0.260. The normalized spacial score (nSPS) is 24.8. The molecule has 0 saturated heterocycles. The van der Waals surface area contributed by atoms with E-state index in [-0.39, 0.29) is 6.10 Å². The number of ether oxygens (including phenoxy) is 1. The van der Waals surface area contributed by atoms with Crippen LogP contribution in [0.3, 0.4) is 0 Å². The highest BCUT2D eigenvalue weighted by molar-refractivity contribution is 7.07. The van der Waals surface area contributed by atoms with Crippen LogP contribution in [0.25, 0.3) is 0 Å². The van der Waals surface area contributed by atoms with Crippen molar-refractivity contribution in [3.05, 3.63) is 5.82 Å². The highest BCUT2D eigenvalue weighted by atomic mass is 32.1. The predicted octanol–water partition coefficient (Wildman–Crippen LogP) is 2.40. The van der Waals surface area contributed by atoms with E-state index >= 15 is 0 Å². The summed E-state index contributed by atoms with van der Waals surface area (Å²) in [6.07, 6.45) is 7.15. The van der Waals surface area contributed by atoms with Gasteiger partial charge in [-0.1, -0.05) is 13.3 Å². The maximum atomic E-state index is 5.97. The Balaban J connectivity index is 1.93. The van der Waals surface area contributed by atoms with Crippen LogP contribution in [0.5, 0.6) is 5.19 Å². The molecular weight excluding hydrogens is 234 g/mol. The molecule has 5 heteroatoms. The Morgan fingerprint density at radius 1 is 1.41 bits per heavy atom. The molecule has 2 rings (SSSR count). The molecule has 0 aromatic carbocycles. The topological polar surface area (TPSA) is 47.0 Å². The Morgan fingerprint density at radius 3 is 3.00 bits per heavy atom. The van der Waals surface area contributed by atoms with Gasteiger partial charge in [-0.05, 0) is 32.7 Å².